The summed E-state index contributed by atoms with van der Waals surface area (Å²) in [6.45, 7) is -2.00. The van der Waals surface area contributed by atoms with Crippen LogP contribution in [0.2, 0.25) is 0 Å². The molecule has 15 heavy (non-hydrogen) atoms. The molecule has 0 aliphatic carbocycles. The van der Waals surface area contributed by atoms with Gasteiger partial charge in [-0.05, 0) is 15.9 Å². The van der Waals surface area contributed by atoms with E-state index in [1.165, 1.54) is 6.07 Å². The monoisotopic (exact) mass is 280 g/mol. The molecule has 1 aliphatic heterocycles. The highest BCUT2D eigenvalue weighted by molar-refractivity contribution is 9.10. The average molecular weight is 281 g/mol. The van der Waals surface area contributed by atoms with Crippen LogP contribution >= 0.6 is 15.9 Å². The van der Waals surface area contributed by atoms with Gasteiger partial charge in [0.1, 0.15) is 19.0 Å². The lowest BCUT2D eigenvalue weighted by Crippen LogP contribution is -2.15. The van der Waals surface area contributed by atoms with Crippen molar-refractivity contribution in [1.29, 1.82) is 0 Å². The lowest BCUT2D eigenvalue weighted by Gasteiger charge is -2.19. The standard InChI is InChI=1S/C9H7BrF2O3/c10-5-3-7-8(14-2-1-13-7)4-6(5)15-9(11)12/h3-4,9H,1-2H2. The highest BCUT2D eigenvalue weighted by atomic mass is 79.9. The average Bonchev–Trinajstić information content (AvgIpc) is 2.18. The number of alkyl halides is 2. The molecule has 0 spiro atoms. The highest BCUT2D eigenvalue weighted by Crippen LogP contribution is 2.39. The molecule has 0 aromatic heterocycles. The van der Waals surface area contributed by atoms with Crippen molar-refractivity contribution in [2.75, 3.05) is 13.2 Å². The molecular formula is C9H7BrF2O3. The molecule has 0 fully saturated rings. The lowest BCUT2D eigenvalue weighted by atomic mass is 10.3. The number of hydrogen-bond acceptors (Lipinski definition) is 3. The molecule has 1 aromatic carbocycles. The van der Waals surface area contributed by atoms with E-state index in [-0.39, 0.29) is 5.75 Å². The number of ether oxygens (including phenoxy) is 3. The normalized spacial score (nSPS) is 14.1. The molecule has 0 atom stereocenters. The zero-order valence-corrected chi connectivity index (χ0v) is 9.09. The van der Waals surface area contributed by atoms with Gasteiger partial charge < -0.3 is 14.2 Å². The van der Waals surface area contributed by atoms with Gasteiger partial charge in [-0.1, -0.05) is 0 Å². The van der Waals surface area contributed by atoms with E-state index >= 15 is 0 Å². The Morgan fingerprint density at radius 2 is 1.80 bits per heavy atom. The Hall–Kier alpha value is -1.04. The minimum Gasteiger partial charge on any atom is -0.486 e. The van der Waals surface area contributed by atoms with E-state index in [9.17, 15) is 8.78 Å². The van der Waals surface area contributed by atoms with Crippen molar-refractivity contribution in [2.24, 2.45) is 0 Å². The van der Waals surface area contributed by atoms with Gasteiger partial charge in [-0.25, -0.2) is 0 Å². The molecule has 6 heteroatoms. The maximum absolute atomic E-state index is 12.0. The molecule has 0 bridgehead atoms. The fourth-order valence-electron chi connectivity index (χ4n) is 1.23. The van der Waals surface area contributed by atoms with E-state index in [2.05, 4.69) is 20.7 Å². The molecule has 3 nitrogen and oxygen atoms in total. The molecule has 82 valence electrons. The molecule has 1 heterocycles. The third-order valence-electron chi connectivity index (χ3n) is 1.81. The van der Waals surface area contributed by atoms with Gasteiger partial charge in [0.05, 0.1) is 4.47 Å². The van der Waals surface area contributed by atoms with Gasteiger partial charge >= 0.3 is 6.61 Å². The second-order valence-electron chi connectivity index (χ2n) is 2.80. The van der Waals surface area contributed by atoms with Crippen molar-refractivity contribution in [3.8, 4) is 17.2 Å². The fraction of sp³-hybridized carbons (Fsp3) is 0.333. The first kappa shape index (κ1) is 10.5. The van der Waals surface area contributed by atoms with Gasteiger partial charge in [0.15, 0.2) is 11.5 Å². The van der Waals surface area contributed by atoms with E-state index < -0.39 is 6.61 Å². The Kier molecular flexibility index (Phi) is 2.95. The van der Waals surface area contributed by atoms with Crippen LogP contribution in [0.5, 0.6) is 17.2 Å². The van der Waals surface area contributed by atoms with Crippen LogP contribution in [0.25, 0.3) is 0 Å². The number of hydrogen-bond donors (Lipinski definition) is 0. The van der Waals surface area contributed by atoms with E-state index in [0.29, 0.717) is 29.2 Å². The molecule has 0 radical (unpaired) electrons. The molecular weight excluding hydrogens is 274 g/mol. The fourth-order valence-corrected chi connectivity index (χ4v) is 1.65. The molecule has 0 amide bonds. The Balaban J connectivity index is 2.32. The van der Waals surface area contributed by atoms with Gasteiger partial charge in [-0.15, -0.1) is 0 Å². The highest BCUT2D eigenvalue weighted by Gasteiger charge is 2.17. The minimum absolute atomic E-state index is 0.0363. The summed E-state index contributed by atoms with van der Waals surface area (Å²) >= 11 is 3.11. The van der Waals surface area contributed by atoms with Crippen molar-refractivity contribution in [1.82, 2.24) is 0 Å². The second kappa shape index (κ2) is 4.22. The van der Waals surface area contributed by atoms with E-state index in [0.717, 1.165) is 0 Å². The summed E-state index contributed by atoms with van der Waals surface area (Å²) in [5.41, 5.74) is 0. The van der Waals surface area contributed by atoms with E-state index in [1.807, 2.05) is 0 Å². The van der Waals surface area contributed by atoms with Crippen LogP contribution in [0.3, 0.4) is 0 Å². The van der Waals surface area contributed by atoms with Crippen molar-refractivity contribution in [3.63, 3.8) is 0 Å². The van der Waals surface area contributed by atoms with E-state index in [1.54, 1.807) is 6.07 Å². The Labute approximate surface area is 93.1 Å². The summed E-state index contributed by atoms with van der Waals surface area (Å²) < 4.78 is 39.2. The van der Waals surface area contributed by atoms with Crippen LogP contribution in [0.4, 0.5) is 8.78 Å². The van der Waals surface area contributed by atoms with Gasteiger partial charge in [0, 0.05) is 12.1 Å². The SMILES string of the molecule is FC(F)Oc1cc2c(cc1Br)OCCO2. The van der Waals surface area contributed by atoms with Gasteiger partial charge in [0.2, 0.25) is 0 Å². The minimum atomic E-state index is -2.86. The molecule has 0 unspecified atom stereocenters. The van der Waals surface area contributed by atoms with Gasteiger partial charge in [0.25, 0.3) is 0 Å². The van der Waals surface area contributed by atoms with Crippen LogP contribution in [-0.2, 0) is 0 Å². The summed E-state index contributed by atoms with van der Waals surface area (Å²) in [6.07, 6.45) is 0. The molecule has 0 saturated carbocycles. The Bertz CT molecular complexity index is 371. The first-order valence-electron chi connectivity index (χ1n) is 4.21. The maximum Gasteiger partial charge on any atom is 0.387 e. The van der Waals surface area contributed by atoms with Crippen LogP contribution < -0.4 is 14.2 Å². The predicted molar refractivity (Wildman–Crippen MR) is 51.8 cm³/mol. The third-order valence-corrected chi connectivity index (χ3v) is 2.43. The Morgan fingerprint density at radius 3 is 2.40 bits per heavy atom. The predicted octanol–water partition coefficient (Wildman–Crippen LogP) is 2.82. The number of halogens is 3. The number of rotatable bonds is 2. The van der Waals surface area contributed by atoms with Gasteiger partial charge in [-0.2, -0.15) is 8.78 Å². The summed E-state index contributed by atoms with van der Waals surface area (Å²) in [4.78, 5) is 0. The molecule has 2 rings (SSSR count). The van der Waals surface area contributed by atoms with Crippen LogP contribution in [-0.4, -0.2) is 19.8 Å². The first-order chi connectivity index (χ1) is 7.16. The zero-order valence-electron chi connectivity index (χ0n) is 7.50. The van der Waals surface area contributed by atoms with Crippen LogP contribution in [0.15, 0.2) is 16.6 Å². The maximum atomic E-state index is 12.0. The van der Waals surface area contributed by atoms with Crippen LogP contribution in [0, 0.1) is 0 Å². The van der Waals surface area contributed by atoms with Crippen molar-refractivity contribution >= 4 is 15.9 Å². The summed E-state index contributed by atoms with van der Waals surface area (Å²) in [5.74, 6) is 0.976. The molecule has 0 saturated heterocycles. The molecule has 1 aromatic rings. The molecule has 1 aliphatic rings. The molecule has 0 N–H and O–H groups in total. The van der Waals surface area contributed by atoms with Crippen molar-refractivity contribution in [2.45, 2.75) is 6.61 Å². The largest absolute Gasteiger partial charge is 0.486 e. The second-order valence-corrected chi connectivity index (χ2v) is 3.66. The summed E-state index contributed by atoms with van der Waals surface area (Å²) in [5, 5.41) is 0. The smallest absolute Gasteiger partial charge is 0.387 e. The first-order valence-corrected chi connectivity index (χ1v) is 5.00. The summed E-state index contributed by atoms with van der Waals surface area (Å²) in [7, 11) is 0. The van der Waals surface area contributed by atoms with Crippen LogP contribution in [0.1, 0.15) is 0 Å². The lowest BCUT2D eigenvalue weighted by molar-refractivity contribution is -0.0505. The Morgan fingerprint density at radius 1 is 1.20 bits per heavy atom. The quantitative estimate of drug-likeness (QED) is 0.834. The van der Waals surface area contributed by atoms with Crippen molar-refractivity contribution in [3.05, 3.63) is 16.6 Å². The number of fused-ring (bicyclic) bond motifs is 1. The van der Waals surface area contributed by atoms with Crippen molar-refractivity contribution < 1.29 is 23.0 Å². The van der Waals surface area contributed by atoms with E-state index in [4.69, 9.17) is 9.47 Å². The topological polar surface area (TPSA) is 27.7 Å². The van der Waals surface area contributed by atoms with Gasteiger partial charge in [-0.3, -0.25) is 0 Å². The summed E-state index contributed by atoms with van der Waals surface area (Å²) in [6, 6.07) is 2.93. The number of benzene rings is 1. The zero-order chi connectivity index (χ0) is 10.8. The third kappa shape index (κ3) is 2.31.